The lowest BCUT2D eigenvalue weighted by atomic mass is 10.2. The molecule has 0 aliphatic carbocycles. The number of nitrogens with one attached hydrogen (secondary N) is 1. The summed E-state index contributed by atoms with van der Waals surface area (Å²) >= 11 is 0. The first kappa shape index (κ1) is 18.8. The third-order valence-corrected chi connectivity index (χ3v) is 5.32. The number of aromatic nitrogens is 4. The monoisotopic (exact) mass is 395 g/mol. The predicted octanol–water partition coefficient (Wildman–Crippen LogP) is 1.72. The van der Waals surface area contributed by atoms with Gasteiger partial charge in [-0.1, -0.05) is 0 Å². The van der Waals surface area contributed by atoms with Crippen molar-refractivity contribution in [2.45, 2.75) is 38.5 Å². The molecule has 4 heterocycles. The molecular weight excluding hydrogens is 372 g/mol. The molecule has 0 bridgehead atoms. The van der Waals surface area contributed by atoms with Gasteiger partial charge in [0.15, 0.2) is 22.8 Å². The summed E-state index contributed by atoms with van der Waals surface area (Å²) in [5.74, 6) is 0.108. The number of anilines is 1. The highest BCUT2D eigenvalue weighted by Gasteiger charge is 2.36. The van der Waals surface area contributed by atoms with Gasteiger partial charge in [0.05, 0.1) is 19.2 Å². The van der Waals surface area contributed by atoms with Crippen LogP contribution in [0.3, 0.4) is 0 Å². The van der Waals surface area contributed by atoms with Crippen LogP contribution in [0.1, 0.15) is 25.6 Å². The molecule has 0 radical (unpaired) electrons. The van der Waals surface area contributed by atoms with E-state index < -0.39 is 6.43 Å². The Kier molecular flexibility index (Phi) is 5.00. The number of ether oxygens (including phenoxy) is 1. The van der Waals surface area contributed by atoms with Gasteiger partial charge in [0.2, 0.25) is 0 Å². The van der Waals surface area contributed by atoms with Crippen LogP contribution in [-0.4, -0.2) is 80.8 Å². The molecule has 0 spiro atoms. The summed E-state index contributed by atoms with van der Waals surface area (Å²) in [6.07, 6.45) is -0.479. The van der Waals surface area contributed by atoms with Crippen molar-refractivity contribution in [3.8, 4) is 0 Å². The van der Waals surface area contributed by atoms with Gasteiger partial charge in [-0.25, -0.2) is 28.5 Å². The van der Waals surface area contributed by atoms with Crippen molar-refractivity contribution < 1.29 is 18.3 Å². The average molecular weight is 395 g/mol. The van der Waals surface area contributed by atoms with E-state index in [0.29, 0.717) is 49.7 Å². The van der Waals surface area contributed by atoms with Crippen molar-refractivity contribution in [2.24, 2.45) is 0 Å². The number of alkyl halides is 2. The number of fused-ring (bicyclic) bond motifs is 1. The van der Waals surface area contributed by atoms with Crippen molar-refractivity contribution in [1.29, 1.82) is 0 Å². The summed E-state index contributed by atoms with van der Waals surface area (Å²) in [5, 5.41) is 3.26. The lowest BCUT2D eigenvalue weighted by Gasteiger charge is -2.40. The maximum Gasteiger partial charge on any atom is 0.320 e. The van der Waals surface area contributed by atoms with Crippen LogP contribution in [0.15, 0.2) is 6.33 Å². The molecule has 2 amide bonds. The van der Waals surface area contributed by atoms with Gasteiger partial charge in [-0.15, -0.1) is 0 Å². The normalized spacial score (nSPS) is 20.2. The summed E-state index contributed by atoms with van der Waals surface area (Å²) < 4.78 is 33.2. The van der Waals surface area contributed by atoms with Gasteiger partial charge in [0.25, 0.3) is 6.43 Å². The number of carbonyl (C=O) groups is 1. The van der Waals surface area contributed by atoms with E-state index >= 15 is 0 Å². The SMILES string of the molecule is CCn1c(C(F)F)nc2c(N[C@H]3CCN(C(=O)N4CC(OC)C4)C3)ncnc21. The van der Waals surface area contributed by atoms with Crippen LogP contribution in [0, 0.1) is 0 Å². The van der Waals surface area contributed by atoms with E-state index in [4.69, 9.17) is 4.74 Å². The number of methoxy groups -OCH3 is 1. The summed E-state index contributed by atoms with van der Waals surface area (Å²) in [6, 6.07) is -0.0241. The molecule has 4 rings (SSSR count). The molecule has 2 aliphatic rings. The molecule has 2 aliphatic heterocycles. The first-order valence-electron chi connectivity index (χ1n) is 9.34. The molecular formula is C17H23F2N7O2. The molecule has 152 valence electrons. The number of halogens is 2. The first-order chi connectivity index (χ1) is 13.5. The average Bonchev–Trinajstić information content (AvgIpc) is 3.25. The number of amides is 2. The topological polar surface area (TPSA) is 88.4 Å². The maximum absolute atomic E-state index is 13.3. The molecule has 28 heavy (non-hydrogen) atoms. The molecule has 2 fully saturated rings. The molecule has 1 N–H and O–H groups in total. The third kappa shape index (κ3) is 3.23. The van der Waals surface area contributed by atoms with E-state index in [0.717, 1.165) is 6.42 Å². The van der Waals surface area contributed by atoms with E-state index in [-0.39, 0.29) is 24.0 Å². The Morgan fingerprint density at radius 3 is 2.79 bits per heavy atom. The minimum absolute atomic E-state index is 0.000631. The van der Waals surface area contributed by atoms with E-state index in [1.807, 2.05) is 0 Å². The summed E-state index contributed by atoms with van der Waals surface area (Å²) in [4.78, 5) is 28.4. The van der Waals surface area contributed by atoms with Crippen molar-refractivity contribution in [3.63, 3.8) is 0 Å². The number of imidazole rings is 1. The number of likely N-dealkylation sites (tertiary alicyclic amines) is 2. The zero-order valence-corrected chi connectivity index (χ0v) is 15.8. The fourth-order valence-corrected chi connectivity index (χ4v) is 3.73. The zero-order valence-electron chi connectivity index (χ0n) is 15.8. The van der Waals surface area contributed by atoms with E-state index in [9.17, 15) is 13.6 Å². The number of hydrogen-bond acceptors (Lipinski definition) is 6. The number of nitrogens with zero attached hydrogens (tertiary/aromatic N) is 6. The number of aryl methyl sites for hydroxylation is 1. The molecule has 1 atom stereocenters. The van der Waals surface area contributed by atoms with Crippen LogP contribution < -0.4 is 5.32 Å². The van der Waals surface area contributed by atoms with Gasteiger partial charge in [0, 0.05) is 32.8 Å². The van der Waals surface area contributed by atoms with E-state index in [1.54, 1.807) is 23.8 Å². The highest BCUT2D eigenvalue weighted by atomic mass is 19.3. The molecule has 0 saturated carbocycles. The second-order valence-corrected chi connectivity index (χ2v) is 7.03. The van der Waals surface area contributed by atoms with Gasteiger partial charge < -0.3 is 24.4 Å². The summed E-state index contributed by atoms with van der Waals surface area (Å²) in [6.45, 7) is 4.49. The number of urea groups is 1. The molecule has 2 aromatic heterocycles. The summed E-state index contributed by atoms with van der Waals surface area (Å²) in [5.41, 5.74) is 0.711. The Morgan fingerprint density at radius 2 is 2.11 bits per heavy atom. The Bertz CT molecular complexity index is 869. The largest absolute Gasteiger partial charge is 0.378 e. The molecule has 0 unspecified atom stereocenters. The quantitative estimate of drug-likeness (QED) is 0.829. The van der Waals surface area contributed by atoms with Gasteiger partial charge >= 0.3 is 6.03 Å². The van der Waals surface area contributed by atoms with Crippen LogP contribution in [0.2, 0.25) is 0 Å². The van der Waals surface area contributed by atoms with E-state index in [2.05, 4.69) is 20.3 Å². The van der Waals surface area contributed by atoms with Crippen molar-refractivity contribution >= 4 is 23.0 Å². The molecule has 2 aromatic rings. The Balaban J connectivity index is 1.46. The van der Waals surface area contributed by atoms with Crippen molar-refractivity contribution in [1.82, 2.24) is 29.3 Å². The van der Waals surface area contributed by atoms with Crippen molar-refractivity contribution in [2.75, 3.05) is 38.6 Å². The molecule has 9 nitrogen and oxygen atoms in total. The number of hydrogen-bond donors (Lipinski definition) is 1. The number of rotatable bonds is 5. The van der Waals surface area contributed by atoms with Crippen LogP contribution in [0.25, 0.3) is 11.2 Å². The summed E-state index contributed by atoms with van der Waals surface area (Å²) in [7, 11) is 1.64. The first-order valence-corrected chi connectivity index (χ1v) is 9.34. The van der Waals surface area contributed by atoms with Crippen molar-refractivity contribution in [3.05, 3.63) is 12.2 Å². The lowest BCUT2D eigenvalue weighted by molar-refractivity contribution is -0.0143. The lowest BCUT2D eigenvalue weighted by Crippen LogP contribution is -2.58. The molecule has 2 saturated heterocycles. The second-order valence-electron chi connectivity index (χ2n) is 7.03. The molecule has 11 heteroatoms. The van der Waals surface area contributed by atoms with Crippen LogP contribution in [0.5, 0.6) is 0 Å². The standard InChI is InChI=1S/C17H23F2N7O2/c1-3-26-15-12(23-16(26)13(18)19)14(20-9-21-15)22-10-4-5-24(6-10)17(27)25-7-11(8-25)28-2/h9-11,13H,3-8H2,1-2H3,(H,20,21,22)/t10-/m0/s1. The van der Waals surface area contributed by atoms with Gasteiger partial charge in [-0.05, 0) is 13.3 Å². The highest BCUT2D eigenvalue weighted by Crippen LogP contribution is 2.27. The fourth-order valence-electron chi connectivity index (χ4n) is 3.73. The Labute approximate surface area is 160 Å². The maximum atomic E-state index is 13.3. The predicted molar refractivity (Wildman–Crippen MR) is 97.3 cm³/mol. The minimum atomic E-state index is -2.69. The van der Waals surface area contributed by atoms with Gasteiger partial charge in [0.1, 0.15) is 6.33 Å². The van der Waals surface area contributed by atoms with Gasteiger partial charge in [-0.3, -0.25) is 0 Å². The molecule has 0 aromatic carbocycles. The van der Waals surface area contributed by atoms with Gasteiger partial charge in [-0.2, -0.15) is 0 Å². The Morgan fingerprint density at radius 1 is 1.32 bits per heavy atom. The highest BCUT2D eigenvalue weighted by molar-refractivity contribution is 5.83. The Hall–Kier alpha value is -2.56. The zero-order chi connectivity index (χ0) is 19.8. The van der Waals surface area contributed by atoms with Crippen LogP contribution in [0.4, 0.5) is 19.4 Å². The van der Waals surface area contributed by atoms with Crippen LogP contribution in [-0.2, 0) is 11.3 Å². The van der Waals surface area contributed by atoms with E-state index in [1.165, 1.54) is 10.9 Å². The third-order valence-electron chi connectivity index (χ3n) is 5.32. The van der Waals surface area contributed by atoms with Crippen LogP contribution >= 0.6 is 0 Å². The number of carbonyl (C=O) groups excluding carboxylic acids is 1. The second kappa shape index (κ2) is 7.46. The fraction of sp³-hybridized carbons (Fsp3) is 0.647. The minimum Gasteiger partial charge on any atom is -0.378 e. The smallest absolute Gasteiger partial charge is 0.320 e.